The molecule has 1 aliphatic heterocycles. The molecule has 0 spiro atoms. The van der Waals surface area contributed by atoms with Crippen LogP contribution in [0.25, 0.3) is 22.3 Å². The summed E-state index contributed by atoms with van der Waals surface area (Å²) in [5, 5.41) is 12.8. The van der Waals surface area contributed by atoms with Crippen molar-refractivity contribution in [3.63, 3.8) is 0 Å². The van der Waals surface area contributed by atoms with E-state index in [2.05, 4.69) is 19.9 Å². The zero-order valence-electron chi connectivity index (χ0n) is 14.6. The highest BCUT2D eigenvalue weighted by Gasteiger charge is 2.44. The third-order valence-electron chi connectivity index (χ3n) is 4.51. The van der Waals surface area contributed by atoms with Crippen LogP contribution in [0.2, 0.25) is 5.02 Å². The van der Waals surface area contributed by atoms with Gasteiger partial charge in [-0.3, -0.25) is 9.78 Å². The average Bonchev–Trinajstić information content (AvgIpc) is 3.07. The molecule has 1 aliphatic rings. The molecule has 29 heavy (non-hydrogen) atoms. The first-order valence-corrected chi connectivity index (χ1v) is 8.85. The van der Waals surface area contributed by atoms with E-state index >= 15 is 0 Å². The van der Waals surface area contributed by atoms with Crippen LogP contribution in [0.5, 0.6) is 0 Å². The van der Waals surface area contributed by atoms with Crippen molar-refractivity contribution in [3.05, 3.63) is 35.9 Å². The number of aliphatic hydroxyl groups excluding tert-OH is 1. The summed E-state index contributed by atoms with van der Waals surface area (Å²) in [6.45, 7) is -1.43. The number of amides is 1. The first kappa shape index (κ1) is 19.4. The van der Waals surface area contributed by atoms with Crippen LogP contribution < -0.4 is 10.2 Å². The lowest BCUT2D eigenvalue weighted by Gasteiger charge is -2.44. The van der Waals surface area contributed by atoms with Crippen LogP contribution in [-0.4, -0.2) is 62.4 Å². The zero-order chi connectivity index (χ0) is 20.8. The average molecular weight is 427 g/mol. The van der Waals surface area contributed by atoms with Gasteiger partial charge in [-0.2, -0.15) is 13.2 Å². The van der Waals surface area contributed by atoms with E-state index in [0.717, 1.165) is 0 Å². The van der Waals surface area contributed by atoms with E-state index < -0.39 is 30.8 Å². The van der Waals surface area contributed by atoms with Gasteiger partial charge in [-0.15, -0.1) is 0 Å². The molecule has 1 fully saturated rings. The monoisotopic (exact) mass is 426 g/mol. The van der Waals surface area contributed by atoms with E-state index in [-0.39, 0.29) is 12.4 Å². The minimum absolute atomic E-state index is 0.0451. The van der Waals surface area contributed by atoms with E-state index in [1.165, 1.54) is 23.5 Å². The summed E-state index contributed by atoms with van der Waals surface area (Å²) in [5.74, 6) is -0.680. The fraction of sp³-hybridized carbons (Fsp3) is 0.294. The molecule has 2 unspecified atom stereocenters. The summed E-state index contributed by atoms with van der Waals surface area (Å²) < 4.78 is 37.1. The highest BCUT2D eigenvalue weighted by molar-refractivity contribution is 6.31. The van der Waals surface area contributed by atoms with Gasteiger partial charge in [0.05, 0.1) is 23.1 Å². The Hall–Kier alpha value is -2.92. The second-order valence-electron chi connectivity index (χ2n) is 6.51. The Morgan fingerprint density at radius 2 is 2.17 bits per heavy atom. The van der Waals surface area contributed by atoms with Crippen molar-refractivity contribution in [1.29, 1.82) is 0 Å². The fourth-order valence-electron chi connectivity index (χ4n) is 3.14. The molecule has 1 amide bonds. The number of halogens is 4. The number of rotatable bonds is 4. The summed E-state index contributed by atoms with van der Waals surface area (Å²) in [7, 11) is 0. The molecule has 1 saturated heterocycles. The van der Waals surface area contributed by atoms with Crippen molar-refractivity contribution in [2.45, 2.75) is 18.3 Å². The number of aliphatic hydroxyl groups is 1. The van der Waals surface area contributed by atoms with Crippen LogP contribution in [0.1, 0.15) is 0 Å². The van der Waals surface area contributed by atoms with Gasteiger partial charge in [-0.1, -0.05) is 11.6 Å². The normalized spacial score (nSPS) is 19.3. The maximum Gasteiger partial charge on any atom is 0.405 e. The van der Waals surface area contributed by atoms with Crippen LogP contribution in [0.4, 0.5) is 19.0 Å². The summed E-state index contributed by atoms with van der Waals surface area (Å²) >= 11 is 6.01. The number of nitrogens with zero attached hydrogens (tertiary/aromatic N) is 4. The Morgan fingerprint density at radius 1 is 1.38 bits per heavy atom. The van der Waals surface area contributed by atoms with E-state index in [9.17, 15) is 23.1 Å². The van der Waals surface area contributed by atoms with Crippen LogP contribution >= 0.6 is 11.6 Å². The summed E-state index contributed by atoms with van der Waals surface area (Å²) in [4.78, 5) is 29.2. The summed E-state index contributed by atoms with van der Waals surface area (Å²) in [6, 6.07) is 0.533. The first-order chi connectivity index (χ1) is 13.7. The van der Waals surface area contributed by atoms with Gasteiger partial charge in [0.1, 0.15) is 30.2 Å². The number of carbonyl (C=O) groups excluding carboxylic acids is 1. The van der Waals surface area contributed by atoms with Gasteiger partial charge in [0.2, 0.25) is 5.91 Å². The zero-order valence-corrected chi connectivity index (χ0v) is 15.4. The number of nitrogens with one attached hydrogen (secondary N) is 2. The van der Waals surface area contributed by atoms with Crippen LogP contribution in [0.15, 0.2) is 30.9 Å². The van der Waals surface area contributed by atoms with Gasteiger partial charge < -0.3 is 20.3 Å². The molecule has 0 aromatic carbocycles. The molecule has 3 aromatic heterocycles. The number of alkyl halides is 3. The molecule has 0 saturated carbocycles. The molecule has 0 radical (unpaired) electrons. The highest BCUT2D eigenvalue weighted by Crippen LogP contribution is 2.31. The minimum atomic E-state index is -4.54. The molecule has 3 N–H and O–H groups in total. The molecular formula is C17H14ClF3N6O2. The third-order valence-corrected chi connectivity index (χ3v) is 4.71. The first-order valence-electron chi connectivity index (χ1n) is 8.47. The lowest BCUT2D eigenvalue weighted by molar-refractivity contribution is -0.142. The second-order valence-corrected chi connectivity index (χ2v) is 6.95. The van der Waals surface area contributed by atoms with Crippen LogP contribution in [0.3, 0.4) is 0 Å². The van der Waals surface area contributed by atoms with Crippen molar-refractivity contribution >= 4 is 34.4 Å². The Bertz CT molecular complexity index is 1070. The Kier molecular flexibility index (Phi) is 4.79. The second kappa shape index (κ2) is 7.16. The van der Waals surface area contributed by atoms with Crippen molar-refractivity contribution in [3.8, 4) is 11.3 Å². The number of fused-ring (bicyclic) bond motifs is 1. The molecule has 2 atom stereocenters. The largest absolute Gasteiger partial charge is 0.405 e. The molecular weight excluding hydrogens is 413 g/mol. The van der Waals surface area contributed by atoms with Crippen LogP contribution in [0, 0.1) is 0 Å². The number of aromatic amines is 1. The van der Waals surface area contributed by atoms with E-state index in [4.69, 9.17) is 11.6 Å². The molecule has 4 rings (SSSR count). The molecule has 4 heterocycles. The van der Waals surface area contributed by atoms with Gasteiger partial charge >= 0.3 is 6.18 Å². The number of pyridine rings is 1. The number of aromatic nitrogens is 4. The number of hydrogen-bond donors (Lipinski definition) is 3. The highest BCUT2D eigenvalue weighted by atomic mass is 35.5. The number of anilines is 1. The molecule has 0 aliphatic carbocycles. The van der Waals surface area contributed by atoms with Gasteiger partial charge in [-0.05, 0) is 6.07 Å². The summed E-state index contributed by atoms with van der Waals surface area (Å²) in [5.41, 5.74) is 1.72. The van der Waals surface area contributed by atoms with Gasteiger partial charge in [0.15, 0.2) is 0 Å². The lowest BCUT2D eigenvalue weighted by atomic mass is 9.98. The SMILES string of the molecule is O=C(NCC(F)(F)F)C1C(O)CN1c1cncc(-c2c[nH]c3ncc(Cl)cc23)n1. The molecule has 12 heteroatoms. The fourth-order valence-corrected chi connectivity index (χ4v) is 3.30. The third kappa shape index (κ3) is 3.83. The lowest BCUT2D eigenvalue weighted by Crippen LogP contribution is -2.67. The van der Waals surface area contributed by atoms with E-state index in [0.29, 0.717) is 27.3 Å². The van der Waals surface area contributed by atoms with Crippen molar-refractivity contribution in [1.82, 2.24) is 25.3 Å². The maximum absolute atomic E-state index is 12.4. The van der Waals surface area contributed by atoms with E-state index in [1.54, 1.807) is 17.6 Å². The number of carbonyl (C=O) groups is 1. The smallest absolute Gasteiger partial charge is 0.389 e. The van der Waals surface area contributed by atoms with Gasteiger partial charge in [0, 0.05) is 29.9 Å². The minimum Gasteiger partial charge on any atom is -0.389 e. The number of β-amino-alcohol motifs (C(OH)–C–C–N with tert-alkyl or cyclic N) is 1. The predicted octanol–water partition coefficient (Wildman–Crippen LogP) is 1.90. The predicted molar refractivity (Wildman–Crippen MR) is 98.3 cm³/mol. The van der Waals surface area contributed by atoms with Gasteiger partial charge in [0.25, 0.3) is 0 Å². The molecule has 8 nitrogen and oxygen atoms in total. The summed E-state index contributed by atoms with van der Waals surface area (Å²) in [6.07, 6.45) is 0.406. The quantitative estimate of drug-likeness (QED) is 0.588. The van der Waals surface area contributed by atoms with E-state index in [1.807, 2.05) is 0 Å². The van der Waals surface area contributed by atoms with Crippen molar-refractivity contribution < 1.29 is 23.1 Å². The molecule has 152 valence electrons. The Labute approximate surface area is 166 Å². The Balaban J connectivity index is 1.60. The molecule has 3 aromatic rings. The Morgan fingerprint density at radius 3 is 2.90 bits per heavy atom. The topological polar surface area (TPSA) is 107 Å². The van der Waals surface area contributed by atoms with Gasteiger partial charge in [-0.25, -0.2) is 9.97 Å². The van der Waals surface area contributed by atoms with Crippen LogP contribution in [-0.2, 0) is 4.79 Å². The number of H-pyrrole nitrogens is 1. The van der Waals surface area contributed by atoms with Crippen molar-refractivity contribution in [2.75, 3.05) is 18.0 Å². The maximum atomic E-state index is 12.4. The molecule has 0 bridgehead atoms. The number of hydrogen-bond acceptors (Lipinski definition) is 6. The van der Waals surface area contributed by atoms with Crippen molar-refractivity contribution in [2.24, 2.45) is 0 Å². The standard InChI is InChI=1S/C17H14ClF3N6O2/c18-8-1-9-10(3-24-15(9)23-2-8)11-4-22-5-13(26-11)27-6-12(28)14(27)16(29)25-7-17(19,20)21/h1-5,12,14,28H,6-7H2,(H,23,24)(H,25,29).